The number of halogens is 2. The minimum absolute atomic E-state index is 0.220. The van der Waals surface area contributed by atoms with Crippen molar-refractivity contribution in [2.75, 3.05) is 11.9 Å². The average molecular weight is 367 g/mol. The number of anilines is 1. The number of aromatic nitrogens is 2. The molecule has 1 aliphatic heterocycles. The molecule has 24 heavy (non-hydrogen) atoms. The summed E-state index contributed by atoms with van der Waals surface area (Å²) in [5, 5.41) is 7.59. The number of benzene rings is 1. The molecule has 1 aromatic carbocycles. The molecule has 3 rings (SSSR count). The molecule has 1 saturated heterocycles. The van der Waals surface area contributed by atoms with Gasteiger partial charge in [0.15, 0.2) is 0 Å². The van der Waals surface area contributed by atoms with Crippen molar-refractivity contribution < 1.29 is 9.59 Å². The van der Waals surface area contributed by atoms with Crippen molar-refractivity contribution in [3.63, 3.8) is 0 Å². The Bertz CT molecular complexity index is 770. The van der Waals surface area contributed by atoms with Gasteiger partial charge in [0.05, 0.1) is 11.9 Å². The molecule has 0 radical (unpaired) electrons. The van der Waals surface area contributed by atoms with Crippen LogP contribution in [0.25, 0.3) is 0 Å². The molecule has 126 valence electrons. The van der Waals surface area contributed by atoms with Crippen molar-refractivity contribution in [3.05, 3.63) is 46.2 Å². The molecule has 1 aromatic heterocycles. The molecule has 1 aliphatic rings. The largest absolute Gasteiger partial charge is 0.327 e. The van der Waals surface area contributed by atoms with Gasteiger partial charge in [-0.1, -0.05) is 23.2 Å². The Hall–Kier alpha value is -2.05. The zero-order chi connectivity index (χ0) is 17.3. The Balaban J connectivity index is 1.77. The van der Waals surface area contributed by atoms with Gasteiger partial charge in [-0.25, -0.2) is 0 Å². The van der Waals surface area contributed by atoms with E-state index in [0.29, 0.717) is 34.3 Å². The van der Waals surface area contributed by atoms with Crippen LogP contribution < -0.4 is 5.32 Å². The van der Waals surface area contributed by atoms with Crippen LogP contribution in [0, 0.1) is 0 Å². The Morgan fingerprint density at radius 2 is 1.96 bits per heavy atom. The van der Waals surface area contributed by atoms with Crippen molar-refractivity contribution in [1.29, 1.82) is 0 Å². The lowest BCUT2D eigenvalue weighted by Crippen LogP contribution is -2.43. The fourth-order valence-corrected chi connectivity index (χ4v) is 3.36. The number of nitrogens with zero attached hydrogens (tertiary/aromatic N) is 3. The van der Waals surface area contributed by atoms with Crippen LogP contribution in [-0.4, -0.2) is 39.1 Å². The molecule has 1 atom stereocenters. The van der Waals surface area contributed by atoms with E-state index in [-0.39, 0.29) is 11.8 Å². The molecule has 0 bridgehead atoms. The van der Waals surface area contributed by atoms with Crippen LogP contribution in [0.4, 0.5) is 5.69 Å². The van der Waals surface area contributed by atoms with E-state index in [1.807, 2.05) is 0 Å². The zero-order valence-corrected chi connectivity index (χ0v) is 14.5. The van der Waals surface area contributed by atoms with E-state index in [1.165, 1.54) is 0 Å². The first-order chi connectivity index (χ1) is 11.4. The van der Waals surface area contributed by atoms with Crippen LogP contribution in [0.2, 0.25) is 10.0 Å². The van der Waals surface area contributed by atoms with Crippen LogP contribution in [0.3, 0.4) is 0 Å². The van der Waals surface area contributed by atoms with Gasteiger partial charge in [-0.3, -0.25) is 14.3 Å². The van der Waals surface area contributed by atoms with Crippen molar-refractivity contribution in [2.45, 2.75) is 18.9 Å². The van der Waals surface area contributed by atoms with Gasteiger partial charge in [-0.2, -0.15) is 5.10 Å². The second-order valence-electron chi connectivity index (χ2n) is 5.71. The van der Waals surface area contributed by atoms with Crippen molar-refractivity contribution >= 4 is 40.7 Å². The number of carbonyl (C=O) groups is 2. The number of amides is 2. The van der Waals surface area contributed by atoms with Gasteiger partial charge >= 0.3 is 0 Å². The Kier molecular flexibility index (Phi) is 4.78. The molecule has 1 N–H and O–H groups in total. The number of rotatable bonds is 3. The van der Waals surface area contributed by atoms with Gasteiger partial charge in [0.2, 0.25) is 5.91 Å². The molecule has 6 nitrogen and oxygen atoms in total. The maximum absolute atomic E-state index is 12.7. The lowest BCUT2D eigenvalue weighted by atomic mass is 10.1. The summed E-state index contributed by atoms with van der Waals surface area (Å²) < 4.78 is 1.60. The maximum Gasteiger partial charge on any atom is 0.254 e. The summed E-state index contributed by atoms with van der Waals surface area (Å²) in [7, 11) is 1.77. The Labute approximate surface area is 149 Å². The molecule has 0 spiro atoms. The Morgan fingerprint density at radius 3 is 2.58 bits per heavy atom. The summed E-state index contributed by atoms with van der Waals surface area (Å²) >= 11 is 11.9. The van der Waals surface area contributed by atoms with Gasteiger partial charge in [0.25, 0.3) is 5.91 Å². The van der Waals surface area contributed by atoms with E-state index < -0.39 is 6.04 Å². The topological polar surface area (TPSA) is 67.2 Å². The van der Waals surface area contributed by atoms with Crippen LogP contribution in [0.1, 0.15) is 23.2 Å². The first-order valence-corrected chi connectivity index (χ1v) is 8.26. The summed E-state index contributed by atoms with van der Waals surface area (Å²) in [6.45, 7) is 0.522. The smallest absolute Gasteiger partial charge is 0.254 e. The molecule has 0 saturated carbocycles. The van der Waals surface area contributed by atoms with E-state index >= 15 is 0 Å². The summed E-state index contributed by atoms with van der Waals surface area (Å²) in [6, 6.07) is 4.17. The normalized spacial score (nSPS) is 17.1. The molecule has 0 aliphatic carbocycles. The van der Waals surface area contributed by atoms with Crippen LogP contribution in [0.15, 0.2) is 30.6 Å². The third-order valence-electron chi connectivity index (χ3n) is 3.90. The predicted octanol–water partition coefficient (Wildman–Crippen LogP) is 2.97. The van der Waals surface area contributed by atoms with Crippen LogP contribution >= 0.6 is 23.2 Å². The first kappa shape index (κ1) is 16.8. The van der Waals surface area contributed by atoms with E-state index in [1.54, 1.807) is 47.2 Å². The molecule has 2 heterocycles. The average Bonchev–Trinajstić information content (AvgIpc) is 3.14. The zero-order valence-electron chi connectivity index (χ0n) is 13.0. The number of hydrogen-bond acceptors (Lipinski definition) is 3. The number of hydrogen-bond donors (Lipinski definition) is 1. The second kappa shape index (κ2) is 6.83. The minimum atomic E-state index is -0.518. The summed E-state index contributed by atoms with van der Waals surface area (Å²) in [5.74, 6) is -0.467. The van der Waals surface area contributed by atoms with Gasteiger partial charge in [-0.05, 0) is 31.0 Å². The molecule has 2 aromatic rings. The lowest BCUT2D eigenvalue weighted by molar-refractivity contribution is -0.119. The van der Waals surface area contributed by atoms with Crippen molar-refractivity contribution in [2.24, 2.45) is 7.05 Å². The minimum Gasteiger partial charge on any atom is -0.327 e. The summed E-state index contributed by atoms with van der Waals surface area (Å²) in [5.41, 5.74) is 0.987. The summed E-state index contributed by atoms with van der Waals surface area (Å²) in [4.78, 5) is 26.8. The monoisotopic (exact) mass is 366 g/mol. The van der Waals surface area contributed by atoms with E-state index in [2.05, 4.69) is 10.4 Å². The Morgan fingerprint density at radius 1 is 1.25 bits per heavy atom. The molecule has 2 amide bonds. The van der Waals surface area contributed by atoms with Crippen LogP contribution in [0.5, 0.6) is 0 Å². The van der Waals surface area contributed by atoms with Gasteiger partial charge in [0.1, 0.15) is 6.04 Å². The highest BCUT2D eigenvalue weighted by Gasteiger charge is 2.34. The number of aryl methyl sites for hydroxylation is 1. The highest BCUT2D eigenvalue weighted by molar-refractivity contribution is 6.35. The molecular formula is C16H16Cl2N4O2. The van der Waals surface area contributed by atoms with Gasteiger partial charge < -0.3 is 10.2 Å². The predicted molar refractivity (Wildman–Crippen MR) is 92.4 cm³/mol. The van der Waals surface area contributed by atoms with E-state index in [9.17, 15) is 9.59 Å². The number of carbonyl (C=O) groups excluding carboxylic acids is 2. The third kappa shape index (κ3) is 3.55. The number of likely N-dealkylation sites (tertiary alicyclic amines) is 1. The van der Waals surface area contributed by atoms with Crippen molar-refractivity contribution in [3.8, 4) is 0 Å². The fourth-order valence-electron chi connectivity index (χ4n) is 2.84. The highest BCUT2D eigenvalue weighted by atomic mass is 35.5. The summed E-state index contributed by atoms with van der Waals surface area (Å²) in [6.07, 6.45) is 4.66. The standard InChI is InChI=1S/C16H16Cl2N4O2/c1-21-9-13(8-19-21)20-15(23)14-3-2-4-22(14)16(24)10-5-11(17)7-12(18)6-10/h5-9,14H,2-4H2,1H3,(H,20,23)/t14-/m1/s1. The van der Waals surface area contributed by atoms with Gasteiger partial charge in [-0.15, -0.1) is 0 Å². The fraction of sp³-hybridized carbons (Fsp3) is 0.312. The van der Waals surface area contributed by atoms with E-state index in [0.717, 1.165) is 6.42 Å². The lowest BCUT2D eigenvalue weighted by Gasteiger charge is -2.24. The molecule has 0 unspecified atom stereocenters. The number of nitrogens with one attached hydrogen (secondary N) is 1. The second-order valence-corrected chi connectivity index (χ2v) is 6.58. The SMILES string of the molecule is Cn1cc(NC(=O)[C@H]2CCCN2C(=O)c2cc(Cl)cc(Cl)c2)cn1. The quantitative estimate of drug-likeness (QED) is 0.907. The molecular weight excluding hydrogens is 351 g/mol. The third-order valence-corrected chi connectivity index (χ3v) is 4.33. The highest BCUT2D eigenvalue weighted by Crippen LogP contribution is 2.25. The molecule has 1 fully saturated rings. The van der Waals surface area contributed by atoms with E-state index in [4.69, 9.17) is 23.2 Å². The van der Waals surface area contributed by atoms with Crippen LogP contribution in [-0.2, 0) is 11.8 Å². The van der Waals surface area contributed by atoms with Crippen molar-refractivity contribution in [1.82, 2.24) is 14.7 Å². The maximum atomic E-state index is 12.7. The van der Waals surface area contributed by atoms with Gasteiger partial charge in [0, 0.05) is 35.4 Å². The first-order valence-electron chi connectivity index (χ1n) is 7.50. The molecule has 8 heteroatoms.